The van der Waals surface area contributed by atoms with Crippen LogP contribution in [0, 0.1) is 13.8 Å². The van der Waals surface area contributed by atoms with Crippen LogP contribution in [-0.4, -0.2) is 18.2 Å². The van der Waals surface area contributed by atoms with E-state index in [0.29, 0.717) is 12.8 Å². The van der Waals surface area contributed by atoms with Crippen molar-refractivity contribution in [2.45, 2.75) is 39.2 Å². The average Bonchev–Trinajstić information content (AvgIpc) is 2.27. The molecule has 0 saturated carbocycles. The second-order valence-electron chi connectivity index (χ2n) is 4.57. The number of nitrogens with two attached hydrogens (primary N) is 1. The van der Waals surface area contributed by atoms with Crippen LogP contribution >= 0.6 is 0 Å². The standard InChI is InChI=1S/C14H21NO3/c1-9-7-11(18-3)8-10(2)14(9)12(15)5-4-6-13(16)17/h7-8,12H,4-6,15H2,1-3H3,(H,16,17). The van der Waals surface area contributed by atoms with E-state index in [-0.39, 0.29) is 12.5 Å². The summed E-state index contributed by atoms with van der Waals surface area (Å²) in [6.07, 6.45) is 1.45. The number of methoxy groups -OCH3 is 1. The Bertz CT molecular complexity index is 406. The van der Waals surface area contributed by atoms with Gasteiger partial charge >= 0.3 is 5.97 Å². The van der Waals surface area contributed by atoms with Gasteiger partial charge in [-0.05, 0) is 55.5 Å². The number of carbonyl (C=O) groups is 1. The van der Waals surface area contributed by atoms with Crippen LogP contribution in [0.5, 0.6) is 5.75 Å². The van der Waals surface area contributed by atoms with Crippen LogP contribution in [0.15, 0.2) is 12.1 Å². The summed E-state index contributed by atoms with van der Waals surface area (Å²) in [7, 11) is 1.64. The molecular weight excluding hydrogens is 230 g/mol. The van der Waals surface area contributed by atoms with E-state index in [1.807, 2.05) is 26.0 Å². The molecule has 0 saturated heterocycles. The Kier molecular flexibility index (Phi) is 5.16. The van der Waals surface area contributed by atoms with E-state index >= 15 is 0 Å². The lowest BCUT2D eigenvalue weighted by Crippen LogP contribution is -2.14. The highest BCUT2D eigenvalue weighted by Gasteiger charge is 2.13. The highest BCUT2D eigenvalue weighted by molar-refractivity contribution is 5.66. The molecule has 0 aliphatic carbocycles. The largest absolute Gasteiger partial charge is 0.497 e. The van der Waals surface area contributed by atoms with Gasteiger partial charge in [-0.2, -0.15) is 0 Å². The van der Waals surface area contributed by atoms with Crippen LogP contribution in [-0.2, 0) is 4.79 Å². The molecule has 1 rings (SSSR count). The van der Waals surface area contributed by atoms with E-state index in [1.54, 1.807) is 7.11 Å². The van der Waals surface area contributed by atoms with Gasteiger partial charge in [-0.3, -0.25) is 4.79 Å². The number of aryl methyl sites for hydroxylation is 2. The Morgan fingerprint density at radius 2 is 1.94 bits per heavy atom. The Morgan fingerprint density at radius 1 is 1.39 bits per heavy atom. The van der Waals surface area contributed by atoms with Crippen LogP contribution in [0.1, 0.15) is 42.0 Å². The Balaban J connectivity index is 2.79. The van der Waals surface area contributed by atoms with Gasteiger partial charge in [0.25, 0.3) is 0 Å². The third-order valence-electron chi connectivity index (χ3n) is 3.08. The first-order valence-electron chi connectivity index (χ1n) is 6.08. The molecule has 4 nitrogen and oxygen atoms in total. The summed E-state index contributed by atoms with van der Waals surface area (Å²) in [6.45, 7) is 4.00. The highest BCUT2D eigenvalue weighted by atomic mass is 16.5. The number of aliphatic carboxylic acids is 1. The molecule has 1 atom stereocenters. The van der Waals surface area contributed by atoms with Gasteiger partial charge in [-0.1, -0.05) is 0 Å². The summed E-state index contributed by atoms with van der Waals surface area (Å²) in [6, 6.07) is 3.80. The van der Waals surface area contributed by atoms with Crippen molar-refractivity contribution in [2.24, 2.45) is 5.73 Å². The van der Waals surface area contributed by atoms with E-state index in [1.165, 1.54) is 0 Å². The first-order chi connectivity index (χ1) is 8.45. The average molecular weight is 251 g/mol. The molecule has 1 aromatic rings. The third-order valence-corrected chi connectivity index (χ3v) is 3.08. The maximum Gasteiger partial charge on any atom is 0.303 e. The molecule has 0 amide bonds. The fourth-order valence-corrected chi connectivity index (χ4v) is 2.26. The van der Waals surface area contributed by atoms with Gasteiger partial charge in [-0.25, -0.2) is 0 Å². The quantitative estimate of drug-likeness (QED) is 0.815. The number of hydrogen-bond acceptors (Lipinski definition) is 3. The fraction of sp³-hybridized carbons (Fsp3) is 0.500. The summed E-state index contributed by atoms with van der Waals surface area (Å²) in [5.41, 5.74) is 9.42. The van der Waals surface area contributed by atoms with Crippen molar-refractivity contribution in [3.63, 3.8) is 0 Å². The minimum Gasteiger partial charge on any atom is -0.497 e. The fourth-order valence-electron chi connectivity index (χ4n) is 2.26. The molecule has 0 aliphatic rings. The normalized spacial score (nSPS) is 12.2. The van der Waals surface area contributed by atoms with Crippen molar-refractivity contribution in [3.05, 3.63) is 28.8 Å². The van der Waals surface area contributed by atoms with Gasteiger partial charge in [0.15, 0.2) is 0 Å². The summed E-state index contributed by atoms with van der Waals surface area (Å²) in [4.78, 5) is 10.5. The molecule has 0 heterocycles. The molecule has 0 bridgehead atoms. The lowest BCUT2D eigenvalue weighted by atomic mass is 9.93. The lowest BCUT2D eigenvalue weighted by Gasteiger charge is -2.18. The van der Waals surface area contributed by atoms with Gasteiger partial charge in [0.2, 0.25) is 0 Å². The number of ether oxygens (including phenoxy) is 1. The van der Waals surface area contributed by atoms with Gasteiger partial charge in [0.05, 0.1) is 7.11 Å². The summed E-state index contributed by atoms with van der Waals surface area (Å²) in [5, 5.41) is 8.62. The minimum absolute atomic E-state index is 0.116. The van der Waals surface area contributed by atoms with Gasteiger partial charge in [-0.15, -0.1) is 0 Å². The van der Waals surface area contributed by atoms with Crippen LogP contribution in [0.25, 0.3) is 0 Å². The maximum absolute atomic E-state index is 10.5. The second kappa shape index (κ2) is 6.40. The topological polar surface area (TPSA) is 72.5 Å². The molecule has 4 heteroatoms. The Hall–Kier alpha value is -1.55. The number of hydrogen-bond donors (Lipinski definition) is 2. The van der Waals surface area contributed by atoms with Gasteiger partial charge < -0.3 is 15.6 Å². The molecule has 0 aliphatic heterocycles. The van der Waals surface area contributed by atoms with Crippen LogP contribution in [0.3, 0.4) is 0 Å². The van der Waals surface area contributed by atoms with Crippen molar-refractivity contribution in [1.29, 1.82) is 0 Å². The first-order valence-corrected chi connectivity index (χ1v) is 6.08. The van der Waals surface area contributed by atoms with E-state index < -0.39 is 5.97 Å². The van der Waals surface area contributed by atoms with Crippen molar-refractivity contribution >= 4 is 5.97 Å². The van der Waals surface area contributed by atoms with E-state index in [0.717, 1.165) is 22.4 Å². The number of carboxylic acid groups (broad SMARTS) is 1. The SMILES string of the molecule is COc1cc(C)c(C(N)CCCC(=O)O)c(C)c1. The zero-order valence-electron chi connectivity index (χ0n) is 11.2. The second-order valence-corrected chi connectivity index (χ2v) is 4.57. The molecule has 1 aromatic carbocycles. The Morgan fingerprint density at radius 3 is 2.39 bits per heavy atom. The first kappa shape index (κ1) is 14.5. The zero-order valence-corrected chi connectivity index (χ0v) is 11.2. The molecule has 3 N–H and O–H groups in total. The zero-order chi connectivity index (χ0) is 13.7. The Labute approximate surface area is 108 Å². The molecule has 1 unspecified atom stereocenters. The van der Waals surface area contributed by atoms with Crippen molar-refractivity contribution in [2.75, 3.05) is 7.11 Å². The highest BCUT2D eigenvalue weighted by Crippen LogP contribution is 2.28. The smallest absolute Gasteiger partial charge is 0.303 e. The molecule has 0 spiro atoms. The number of benzene rings is 1. The molecule has 0 radical (unpaired) electrons. The number of carboxylic acids is 1. The van der Waals surface area contributed by atoms with E-state index in [4.69, 9.17) is 15.6 Å². The predicted octanol–water partition coefficient (Wildman–Crippen LogP) is 2.57. The lowest BCUT2D eigenvalue weighted by molar-refractivity contribution is -0.137. The molecule has 100 valence electrons. The van der Waals surface area contributed by atoms with Crippen molar-refractivity contribution < 1.29 is 14.6 Å². The molecular formula is C14H21NO3. The third kappa shape index (κ3) is 3.74. The van der Waals surface area contributed by atoms with Gasteiger partial charge in [0, 0.05) is 12.5 Å². The van der Waals surface area contributed by atoms with E-state index in [9.17, 15) is 4.79 Å². The van der Waals surface area contributed by atoms with Crippen LogP contribution in [0.2, 0.25) is 0 Å². The summed E-state index contributed by atoms with van der Waals surface area (Å²) < 4.78 is 5.20. The predicted molar refractivity (Wildman–Crippen MR) is 70.9 cm³/mol. The number of rotatable bonds is 6. The minimum atomic E-state index is -0.773. The monoisotopic (exact) mass is 251 g/mol. The van der Waals surface area contributed by atoms with Gasteiger partial charge in [0.1, 0.15) is 5.75 Å². The maximum atomic E-state index is 10.5. The molecule has 18 heavy (non-hydrogen) atoms. The molecule has 0 fully saturated rings. The van der Waals surface area contributed by atoms with Crippen LogP contribution in [0.4, 0.5) is 0 Å². The van der Waals surface area contributed by atoms with E-state index in [2.05, 4.69) is 0 Å². The summed E-state index contributed by atoms with van der Waals surface area (Å²) >= 11 is 0. The van der Waals surface area contributed by atoms with Crippen molar-refractivity contribution in [3.8, 4) is 5.75 Å². The molecule has 0 aromatic heterocycles. The van der Waals surface area contributed by atoms with Crippen molar-refractivity contribution in [1.82, 2.24) is 0 Å². The summed E-state index contributed by atoms with van der Waals surface area (Å²) in [5.74, 6) is 0.0526. The van der Waals surface area contributed by atoms with Crippen LogP contribution < -0.4 is 10.5 Å².